The number of ether oxygens (including phenoxy) is 1. The lowest BCUT2D eigenvalue weighted by Gasteiger charge is -2.16. The van der Waals surface area contributed by atoms with Crippen LogP contribution < -0.4 is 0 Å². The van der Waals surface area contributed by atoms with Gasteiger partial charge >= 0.3 is 0 Å². The van der Waals surface area contributed by atoms with Crippen molar-refractivity contribution in [3.63, 3.8) is 0 Å². The highest BCUT2D eigenvalue weighted by Crippen LogP contribution is 2.31. The van der Waals surface area contributed by atoms with Crippen molar-refractivity contribution in [2.24, 2.45) is 10.4 Å². The van der Waals surface area contributed by atoms with Gasteiger partial charge in [0.1, 0.15) is 24.3 Å². The van der Waals surface area contributed by atoms with Gasteiger partial charge < -0.3 is 4.74 Å². The van der Waals surface area contributed by atoms with Crippen molar-refractivity contribution in [2.75, 3.05) is 6.61 Å². The molecule has 1 atom stereocenters. The quantitative estimate of drug-likeness (QED) is 0.735. The van der Waals surface area contributed by atoms with Crippen molar-refractivity contribution in [3.05, 3.63) is 35.4 Å². The monoisotopic (exact) mass is 239 g/mol. The van der Waals surface area contributed by atoms with E-state index >= 15 is 0 Å². The van der Waals surface area contributed by atoms with Crippen LogP contribution in [0, 0.1) is 17.0 Å². The van der Waals surface area contributed by atoms with Crippen LogP contribution in [0.25, 0.3) is 0 Å². The summed E-state index contributed by atoms with van der Waals surface area (Å²) in [6, 6.07) is 2.96. The maximum Gasteiger partial charge on any atom is 0.189 e. The number of hydrogen-bond donors (Lipinski definition) is 0. The van der Waals surface area contributed by atoms with Crippen molar-refractivity contribution < 1.29 is 13.5 Å². The minimum atomic E-state index is -0.458. The summed E-state index contributed by atoms with van der Waals surface area (Å²) in [4.78, 5) is 4.32. The molecule has 2 rings (SSSR count). The van der Waals surface area contributed by atoms with E-state index in [4.69, 9.17) is 4.74 Å². The van der Waals surface area contributed by atoms with E-state index in [-0.39, 0.29) is 17.6 Å². The molecule has 1 aromatic carbocycles. The third kappa shape index (κ3) is 2.46. The number of nitrogens with zero attached hydrogens (tertiary/aromatic N) is 1. The van der Waals surface area contributed by atoms with Gasteiger partial charge in [0.2, 0.25) is 0 Å². The van der Waals surface area contributed by atoms with Gasteiger partial charge in [-0.15, -0.1) is 0 Å². The lowest BCUT2D eigenvalue weighted by molar-refractivity contribution is 0.281. The van der Waals surface area contributed by atoms with Gasteiger partial charge in [-0.05, 0) is 18.2 Å². The molecule has 0 saturated carbocycles. The Balaban J connectivity index is 2.31. The van der Waals surface area contributed by atoms with Gasteiger partial charge in [0, 0.05) is 11.0 Å². The Morgan fingerprint density at radius 3 is 2.59 bits per heavy atom. The molecule has 0 radical (unpaired) electrons. The standard InChI is InChI=1S/C13H15F2NO/c1-13(2,3)12-16-11(7-17-12)9-6-8(14)4-5-10(9)15/h4-6,11H,7H2,1-3H3/t11-/m1/s1. The summed E-state index contributed by atoms with van der Waals surface area (Å²) in [6.45, 7) is 6.18. The minimum absolute atomic E-state index is 0.210. The summed E-state index contributed by atoms with van der Waals surface area (Å²) in [7, 11) is 0. The van der Waals surface area contributed by atoms with E-state index in [1.165, 1.54) is 6.07 Å². The maximum absolute atomic E-state index is 13.6. The van der Waals surface area contributed by atoms with Crippen molar-refractivity contribution in [3.8, 4) is 0 Å². The zero-order valence-corrected chi connectivity index (χ0v) is 10.1. The van der Waals surface area contributed by atoms with Crippen LogP contribution in [0.4, 0.5) is 8.78 Å². The normalized spacial score (nSPS) is 20.1. The molecule has 0 amide bonds. The molecule has 17 heavy (non-hydrogen) atoms. The summed E-state index contributed by atoms with van der Waals surface area (Å²) >= 11 is 0. The second-order valence-corrected chi connectivity index (χ2v) is 5.18. The molecule has 0 aliphatic carbocycles. The van der Waals surface area contributed by atoms with E-state index in [1.807, 2.05) is 20.8 Å². The topological polar surface area (TPSA) is 21.6 Å². The van der Waals surface area contributed by atoms with Crippen molar-refractivity contribution in [2.45, 2.75) is 26.8 Å². The fourth-order valence-electron chi connectivity index (χ4n) is 1.71. The largest absolute Gasteiger partial charge is 0.478 e. The van der Waals surface area contributed by atoms with Crippen LogP contribution in [0.3, 0.4) is 0 Å². The van der Waals surface area contributed by atoms with Crippen LogP contribution in [0.1, 0.15) is 32.4 Å². The van der Waals surface area contributed by atoms with Crippen molar-refractivity contribution in [1.82, 2.24) is 0 Å². The van der Waals surface area contributed by atoms with Crippen LogP contribution in [-0.4, -0.2) is 12.5 Å². The van der Waals surface area contributed by atoms with Gasteiger partial charge in [-0.3, -0.25) is 0 Å². The van der Waals surface area contributed by atoms with E-state index in [9.17, 15) is 8.78 Å². The van der Waals surface area contributed by atoms with Crippen LogP contribution in [0.2, 0.25) is 0 Å². The lowest BCUT2D eigenvalue weighted by atomic mass is 9.97. The van der Waals surface area contributed by atoms with E-state index < -0.39 is 17.7 Å². The first-order valence-electron chi connectivity index (χ1n) is 5.54. The second-order valence-electron chi connectivity index (χ2n) is 5.18. The lowest BCUT2D eigenvalue weighted by Crippen LogP contribution is -2.20. The molecule has 1 aliphatic heterocycles. The van der Waals surface area contributed by atoms with Gasteiger partial charge in [0.15, 0.2) is 5.90 Å². The summed E-state index contributed by atoms with van der Waals surface area (Å²) < 4.78 is 32.1. The first-order valence-corrected chi connectivity index (χ1v) is 5.54. The number of hydrogen-bond acceptors (Lipinski definition) is 2. The maximum atomic E-state index is 13.6. The Morgan fingerprint density at radius 1 is 1.29 bits per heavy atom. The van der Waals surface area contributed by atoms with E-state index in [1.54, 1.807) is 0 Å². The molecule has 0 N–H and O–H groups in total. The number of aliphatic imine (C=N–C) groups is 1. The molecule has 0 bridgehead atoms. The van der Waals surface area contributed by atoms with Gasteiger partial charge in [0.05, 0.1) is 0 Å². The first kappa shape index (κ1) is 12.0. The van der Waals surface area contributed by atoms with Gasteiger partial charge in [-0.2, -0.15) is 0 Å². The Kier molecular flexibility index (Phi) is 2.89. The third-order valence-corrected chi connectivity index (χ3v) is 2.61. The predicted octanol–water partition coefficient (Wildman–Crippen LogP) is 3.48. The van der Waals surface area contributed by atoms with Gasteiger partial charge in [-0.1, -0.05) is 20.8 Å². The van der Waals surface area contributed by atoms with E-state index in [2.05, 4.69) is 4.99 Å². The zero-order valence-electron chi connectivity index (χ0n) is 10.1. The molecular weight excluding hydrogens is 224 g/mol. The molecule has 1 heterocycles. The molecule has 0 aromatic heterocycles. The molecule has 1 aromatic rings. The highest BCUT2D eigenvalue weighted by Gasteiger charge is 2.30. The van der Waals surface area contributed by atoms with Crippen LogP contribution in [0.5, 0.6) is 0 Å². The summed E-state index contributed by atoms with van der Waals surface area (Å²) in [6.07, 6.45) is 0. The van der Waals surface area contributed by atoms with Crippen LogP contribution in [-0.2, 0) is 4.74 Å². The smallest absolute Gasteiger partial charge is 0.189 e. The molecule has 0 fully saturated rings. The second kappa shape index (κ2) is 4.09. The number of halogens is 2. The van der Waals surface area contributed by atoms with Crippen LogP contribution >= 0.6 is 0 Å². The van der Waals surface area contributed by atoms with Gasteiger partial charge in [-0.25, -0.2) is 13.8 Å². The highest BCUT2D eigenvalue weighted by atomic mass is 19.1. The first-order chi connectivity index (χ1) is 7.88. The minimum Gasteiger partial charge on any atom is -0.478 e. The molecule has 2 nitrogen and oxygen atoms in total. The molecule has 4 heteroatoms. The average Bonchev–Trinajstić information content (AvgIpc) is 2.70. The van der Waals surface area contributed by atoms with Gasteiger partial charge in [0.25, 0.3) is 0 Å². The number of benzene rings is 1. The number of rotatable bonds is 1. The summed E-state index contributed by atoms with van der Waals surface area (Å²) in [5.74, 6) is -0.314. The third-order valence-electron chi connectivity index (χ3n) is 2.61. The van der Waals surface area contributed by atoms with Crippen LogP contribution in [0.15, 0.2) is 23.2 Å². The summed E-state index contributed by atoms with van der Waals surface area (Å²) in [5, 5.41) is 0. The average molecular weight is 239 g/mol. The van der Waals surface area contributed by atoms with Crippen molar-refractivity contribution >= 4 is 5.90 Å². The zero-order chi connectivity index (χ0) is 12.6. The Morgan fingerprint density at radius 2 is 2.00 bits per heavy atom. The molecular formula is C13H15F2NO. The molecule has 92 valence electrons. The molecule has 0 spiro atoms. The Labute approximate surface area is 99.3 Å². The molecule has 0 unspecified atom stereocenters. The van der Waals surface area contributed by atoms with E-state index in [0.717, 1.165) is 12.1 Å². The Bertz CT molecular complexity index is 463. The van der Waals surface area contributed by atoms with E-state index in [0.29, 0.717) is 5.90 Å². The fraction of sp³-hybridized carbons (Fsp3) is 0.462. The Hall–Kier alpha value is -1.45. The SMILES string of the molecule is CC(C)(C)C1=N[C@@H](c2cc(F)ccc2F)CO1. The fourth-order valence-corrected chi connectivity index (χ4v) is 1.71. The predicted molar refractivity (Wildman–Crippen MR) is 61.9 cm³/mol. The molecule has 0 saturated heterocycles. The highest BCUT2D eigenvalue weighted by molar-refractivity contribution is 5.83. The summed E-state index contributed by atoms with van der Waals surface area (Å²) in [5.41, 5.74) is 0.0442. The molecule has 1 aliphatic rings. The van der Waals surface area contributed by atoms with Crippen molar-refractivity contribution in [1.29, 1.82) is 0 Å².